The molecule has 2 aromatic heterocycles. The van der Waals surface area contributed by atoms with Crippen molar-refractivity contribution in [3.63, 3.8) is 0 Å². The van der Waals surface area contributed by atoms with Gasteiger partial charge in [-0.15, -0.1) is 0 Å². The summed E-state index contributed by atoms with van der Waals surface area (Å²) in [6.45, 7) is 2.59. The number of halogens is 3. The largest absolute Gasteiger partial charge is 0.419 e. The predicted octanol–water partition coefficient (Wildman–Crippen LogP) is 0.950. The van der Waals surface area contributed by atoms with E-state index in [0.29, 0.717) is 0 Å². The van der Waals surface area contributed by atoms with Crippen LogP contribution in [0.5, 0.6) is 0 Å². The summed E-state index contributed by atoms with van der Waals surface area (Å²) >= 11 is 0. The summed E-state index contributed by atoms with van der Waals surface area (Å²) in [6.07, 6.45) is -4.80. The van der Waals surface area contributed by atoms with Crippen molar-refractivity contribution in [3.8, 4) is 0 Å². The van der Waals surface area contributed by atoms with E-state index in [4.69, 9.17) is 4.74 Å². The fraction of sp³-hybridized carbons (Fsp3) is 0.688. The Morgan fingerprint density at radius 1 is 1.41 bits per heavy atom. The average Bonchev–Trinajstić information content (AvgIpc) is 3.03. The first-order valence-corrected chi connectivity index (χ1v) is 8.53. The Kier molecular flexibility index (Phi) is 4.71. The molecule has 1 fully saturated rings. The van der Waals surface area contributed by atoms with Gasteiger partial charge in [-0.25, -0.2) is 9.78 Å². The zero-order valence-electron chi connectivity index (χ0n) is 15.2. The molecule has 0 spiro atoms. The van der Waals surface area contributed by atoms with Crippen molar-refractivity contribution < 1.29 is 23.0 Å². The summed E-state index contributed by atoms with van der Waals surface area (Å²) < 4.78 is 47.6. The lowest BCUT2D eigenvalue weighted by atomic mass is 9.93. The summed E-state index contributed by atoms with van der Waals surface area (Å²) in [5, 5.41) is 9.66. The van der Waals surface area contributed by atoms with Crippen molar-refractivity contribution in [1.29, 1.82) is 0 Å². The van der Waals surface area contributed by atoms with E-state index in [2.05, 4.69) is 4.98 Å². The number of ether oxygens (including phenoxy) is 1. The molecular weight excluding hydrogens is 369 g/mol. The Balaban J connectivity index is 1.94. The normalized spacial score (nSPS) is 24.1. The second-order valence-electron chi connectivity index (χ2n) is 7.18. The third kappa shape index (κ3) is 3.18. The van der Waals surface area contributed by atoms with Gasteiger partial charge < -0.3 is 14.4 Å². The van der Waals surface area contributed by atoms with Crippen LogP contribution in [0.3, 0.4) is 0 Å². The molecule has 1 aliphatic rings. The highest BCUT2D eigenvalue weighted by Gasteiger charge is 2.55. The highest BCUT2D eigenvalue weighted by atomic mass is 19.4. The zero-order valence-corrected chi connectivity index (χ0v) is 15.2. The van der Waals surface area contributed by atoms with Crippen molar-refractivity contribution in [2.24, 2.45) is 7.05 Å². The third-order valence-electron chi connectivity index (χ3n) is 4.97. The molecule has 0 saturated carbocycles. The van der Waals surface area contributed by atoms with Gasteiger partial charge >= 0.3 is 11.9 Å². The Labute approximate surface area is 151 Å². The molecule has 8 nitrogen and oxygen atoms in total. The molecule has 11 heteroatoms. The number of nitrogens with zero attached hydrogens (tertiary/aromatic N) is 4. The molecule has 0 aromatic carbocycles. The van der Waals surface area contributed by atoms with Gasteiger partial charge in [0.25, 0.3) is 5.56 Å². The maximum Gasteiger partial charge on any atom is 0.419 e. The minimum absolute atomic E-state index is 0.0682. The summed E-state index contributed by atoms with van der Waals surface area (Å²) in [4.78, 5) is 29.5. The van der Waals surface area contributed by atoms with Gasteiger partial charge in [-0.1, -0.05) is 0 Å². The van der Waals surface area contributed by atoms with Gasteiger partial charge in [0.05, 0.1) is 25.6 Å². The SMILES string of the molecule is CC(C)n1cnc2c1c(=O)n(CC1CCC(O)(C(F)(F)F)CO1)c(=O)n2C. The number of aryl methyl sites for hydroxylation is 1. The van der Waals surface area contributed by atoms with Crippen LogP contribution in [0.1, 0.15) is 32.7 Å². The van der Waals surface area contributed by atoms with Crippen LogP contribution >= 0.6 is 0 Å². The van der Waals surface area contributed by atoms with Gasteiger partial charge in [0.15, 0.2) is 16.8 Å². The number of hydrogen-bond acceptors (Lipinski definition) is 5. The van der Waals surface area contributed by atoms with Crippen LogP contribution in [-0.2, 0) is 18.3 Å². The fourth-order valence-corrected chi connectivity index (χ4v) is 3.22. The molecule has 2 unspecified atom stereocenters. The first kappa shape index (κ1) is 19.6. The first-order chi connectivity index (χ1) is 12.5. The van der Waals surface area contributed by atoms with E-state index >= 15 is 0 Å². The molecule has 2 aromatic rings. The minimum atomic E-state index is -4.80. The average molecular weight is 390 g/mol. The highest BCUT2D eigenvalue weighted by molar-refractivity contribution is 5.70. The number of alkyl halides is 3. The summed E-state index contributed by atoms with van der Waals surface area (Å²) in [5.74, 6) is 0. The lowest BCUT2D eigenvalue weighted by molar-refractivity contribution is -0.295. The summed E-state index contributed by atoms with van der Waals surface area (Å²) in [7, 11) is 1.47. The van der Waals surface area contributed by atoms with E-state index in [0.717, 1.165) is 4.57 Å². The fourth-order valence-electron chi connectivity index (χ4n) is 3.22. The molecular formula is C16H21F3N4O4. The molecule has 0 radical (unpaired) electrons. The molecule has 3 rings (SSSR count). The van der Waals surface area contributed by atoms with Gasteiger partial charge in [0.2, 0.25) is 0 Å². The summed E-state index contributed by atoms with van der Waals surface area (Å²) in [5.41, 5.74) is -3.61. The van der Waals surface area contributed by atoms with Gasteiger partial charge in [-0.05, 0) is 26.7 Å². The molecule has 150 valence electrons. The molecule has 1 aliphatic heterocycles. The van der Waals surface area contributed by atoms with Crippen LogP contribution in [0.4, 0.5) is 13.2 Å². The van der Waals surface area contributed by atoms with Crippen molar-refractivity contribution in [2.45, 2.75) is 57.2 Å². The number of hydrogen-bond donors (Lipinski definition) is 1. The first-order valence-electron chi connectivity index (χ1n) is 8.53. The highest BCUT2D eigenvalue weighted by Crippen LogP contribution is 2.37. The van der Waals surface area contributed by atoms with Crippen LogP contribution in [0, 0.1) is 0 Å². The molecule has 2 atom stereocenters. The van der Waals surface area contributed by atoms with E-state index < -0.39 is 42.2 Å². The third-order valence-corrected chi connectivity index (χ3v) is 4.97. The number of aliphatic hydroxyl groups is 1. The van der Waals surface area contributed by atoms with Crippen molar-refractivity contribution in [1.82, 2.24) is 18.7 Å². The quantitative estimate of drug-likeness (QED) is 0.843. The molecule has 0 amide bonds. The van der Waals surface area contributed by atoms with Crippen LogP contribution in [0.25, 0.3) is 11.2 Å². The molecule has 1 saturated heterocycles. The standard InChI is InChI=1S/C16H21F3N4O4/c1-9(2)23-8-20-12-11(23)13(24)22(14(25)21(12)3)6-10-4-5-15(26,7-27-10)16(17,18)19/h8-10,26H,4-7H2,1-3H3. The minimum Gasteiger partial charge on any atom is -0.379 e. The van der Waals surface area contributed by atoms with E-state index in [-0.39, 0.29) is 30.2 Å². The smallest absolute Gasteiger partial charge is 0.379 e. The van der Waals surface area contributed by atoms with Crippen molar-refractivity contribution in [3.05, 3.63) is 27.2 Å². The van der Waals surface area contributed by atoms with Gasteiger partial charge in [-0.2, -0.15) is 13.2 Å². The Morgan fingerprint density at radius 2 is 2.07 bits per heavy atom. The molecule has 1 N–H and O–H groups in total. The molecule has 3 heterocycles. The molecule has 27 heavy (non-hydrogen) atoms. The lowest BCUT2D eigenvalue weighted by Gasteiger charge is -2.37. The second-order valence-corrected chi connectivity index (χ2v) is 7.18. The Bertz CT molecular complexity index is 965. The van der Waals surface area contributed by atoms with Gasteiger partial charge in [0, 0.05) is 13.1 Å². The topological polar surface area (TPSA) is 91.3 Å². The Hall–Kier alpha value is -2.14. The Morgan fingerprint density at radius 3 is 2.59 bits per heavy atom. The monoisotopic (exact) mass is 390 g/mol. The van der Waals surface area contributed by atoms with Crippen LogP contribution < -0.4 is 11.2 Å². The van der Waals surface area contributed by atoms with Crippen LogP contribution in [0.2, 0.25) is 0 Å². The molecule has 0 aliphatic carbocycles. The number of rotatable bonds is 3. The maximum atomic E-state index is 12.9. The maximum absolute atomic E-state index is 12.9. The number of aromatic nitrogens is 4. The van der Waals surface area contributed by atoms with Crippen LogP contribution in [0.15, 0.2) is 15.9 Å². The second kappa shape index (κ2) is 6.48. The number of fused-ring (bicyclic) bond motifs is 1. The predicted molar refractivity (Wildman–Crippen MR) is 89.6 cm³/mol. The lowest BCUT2D eigenvalue weighted by Crippen LogP contribution is -2.54. The van der Waals surface area contributed by atoms with Crippen molar-refractivity contribution >= 4 is 11.2 Å². The molecule has 0 bridgehead atoms. The van der Waals surface area contributed by atoms with Crippen LogP contribution in [-0.4, -0.2) is 48.3 Å². The summed E-state index contributed by atoms with van der Waals surface area (Å²) in [6, 6.07) is -0.0682. The number of imidazole rings is 1. The van der Waals surface area contributed by atoms with Crippen molar-refractivity contribution in [2.75, 3.05) is 6.61 Å². The van der Waals surface area contributed by atoms with Gasteiger partial charge in [-0.3, -0.25) is 13.9 Å². The zero-order chi connectivity index (χ0) is 20.1. The van der Waals surface area contributed by atoms with E-state index in [9.17, 15) is 27.9 Å². The van der Waals surface area contributed by atoms with E-state index in [1.54, 1.807) is 4.57 Å². The van der Waals surface area contributed by atoms with E-state index in [1.165, 1.54) is 17.9 Å². The van der Waals surface area contributed by atoms with E-state index in [1.807, 2.05) is 13.8 Å². The van der Waals surface area contributed by atoms with Gasteiger partial charge in [0.1, 0.15) is 0 Å².